The summed E-state index contributed by atoms with van der Waals surface area (Å²) in [6.07, 6.45) is 3.76. The van der Waals surface area contributed by atoms with Gasteiger partial charge < -0.3 is 5.11 Å². The first-order valence-electron chi connectivity index (χ1n) is 4.79. The maximum absolute atomic E-state index is 11.9. The fraction of sp³-hybridized carbons (Fsp3) is 0. The van der Waals surface area contributed by atoms with Gasteiger partial charge in [0.1, 0.15) is 23.9 Å². The summed E-state index contributed by atoms with van der Waals surface area (Å²) in [5.74, 6) is -0.252. The lowest BCUT2D eigenvalue weighted by Gasteiger charge is -2.04. The van der Waals surface area contributed by atoms with Gasteiger partial charge in [-0.05, 0) is 0 Å². The van der Waals surface area contributed by atoms with E-state index in [4.69, 9.17) is 11.6 Å². The number of nitrogens with zero attached hydrogens (tertiary/aromatic N) is 5. The predicted molar refractivity (Wildman–Crippen MR) is 61.3 cm³/mol. The van der Waals surface area contributed by atoms with Crippen LogP contribution in [0.5, 0.6) is 5.88 Å². The molecule has 0 atom stereocenters. The maximum Gasteiger partial charge on any atom is 0.265 e. The quantitative estimate of drug-likeness (QED) is 0.651. The molecule has 0 saturated carbocycles. The Balaban J connectivity index is 2.43. The molecule has 18 heavy (non-hydrogen) atoms. The van der Waals surface area contributed by atoms with Gasteiger partial charge in [-0.25, -0.2) is 9.97 Å². The van der Waals surface area contributed by atoms with Crippen LogP contribution in [-0.4, -0.2) is 34.7 Å². The molecule has 0 aliphatic heterocycles. The summed E-state index contributed by atoms with van der Waals surface area (Å²) in [5.41, 5.74) is -0.517. The number of H-pyrrole nitrogens is 1. The summed E-state index contributed by atoms with van der Waals surface area (Å²) in [6, 6.07) is 0. The lowest BCUT2D eigenvalue weighted by Crippen LogP contribution is -2.13. The highest BCUT2D eigenvalue weighted by atomic mass is 35.5. The molecule has 0 amide bonds. The highest BCUT2D eigenvalue weighted by Gasteiger charge is 2.18. The molecule has 0 aromatic carbocycles. The molecule has 0 radical (unpaired) electrons. The van der Waals surface area contributed by atoms with Crippen LogP contribution in [0.15, 0.2) is 23.6 Å². The van der Waals surface area contributed by atoms with Crippen LogP contribution in [0, 0.1) is 0 Å². The third-order valence-electron chi connectivity index (χ3n) is 2.33. The van der Waals surface area contributed by atoms with Gasteiger partial charge >= 0.3 is 0 Å². The molecule has 2 N–H and O–H groups in total. The van der Waals surface area contributed by atoms with Crippen LogP contribution >= 0.6 is 11.6 Å². The van der Waals surface area contributed by atoms with Gasteiger partial charge in [-0.2, -0.15) is 14.6 Å². The number of aromatic hydroxyl groups is 1. The molecule has 9 heteroatoms. The molecule has 0 saturated heterocycles. The van der Waals surface area contributed by atoms with E-state index in [2.05, 4.69) is 25.0 Å². The molecule has 3 aromatic rings. The van der Waals surface area contributed by atoms with E-state index in [1.54, 1.807) is 0 Å². The van der Waals surface area contributed by atoms with Crippen LogP contribution in [0.4, 0.5) is 0 Å². The Kier molecular flexibility index (Phi) is 2.23. The molecule has 0 unspecified atom stereocenters. The Morgan fingerprint density at radius 2 is 2.17 bits per heavy atom. The van der Waals surface area contributed by atoms with E-state index in [1.807, 2.05) is 0 Å². The number of nitrogens with one attached hydrogen (secondary N) is 1. The van der Waals surface area contributed by atoms with Crippen molar-refractivity contribution in [3.63, 3.8) is 0 Å². The van der Waals surface area contributed by atoms with Crippen LogP contribution in [0.25, 0.3) is 17.0 Å². The van der Waals surface area contributed by atoms with Crippen molar-refractivity contribution in [1.29, 1.82) is 0 Å². The van der Waals surface area contributed by atoms with E-state index >= 15 is 0 Å². The van der Waals surface area contributed by atoms with Crippen molar-refractivity contribution in [3.05, 3.63) is 34.2 Å². The number of aromatic amines is 1. The second kappa shape index (κ2) is 3.77. The Hall–Kier alpha value is -2.48. The zero-order valence-electron chi connectivity index (χ0n) is 8.70. The smallest absolute Gasteiger partial charge is 0.265 e. The summed E-state index contributed by atoms with van der Waals surface area (Å²) in [5, 5.41) is 13.9. The summed E-state index contributed by atoms with van der Waals surface area (Å²) >= 11 is 5.89. The Morgan fingerprint density at radius 1 is 1.33 bits per heavy atom. The van der Waals surface area contributed by atoms with Crippen LogP contribution in [0.3, 0.4) is 0 Å². The third kappa shape index (κ3) is 1.43. The zero-order valence-corrected chi connectivity index (χ0v) is 9.46. The molecule has 0 aliphatic carbocycles. The van der Waals surface area contributed by atoms with E-state index in [1.165, 1.54) is 18.9 Å². The van der Waals surface area contributed by atoms with E-state index in [0.717, 1.165) is 4.52 Å². The van der Waals surface area contributed by atoms with Crippen LogP contribution in [-0.2, 0) is 0 Å². The van der Waals surface area contributed by atoms with E-state index < -0.39 is 5.56 Å². The third-order valence-corrected chi connectivity index (χ3v) is 2.61. The zero-order chi connectivity index (χ0) is 12.7. The van der Waals surface area contributed by atoms with Crippen molar-refractivity contribution in [2.45, 2.75) is 0 Å². The fourth-order valence-electron chi connectivity index (χ4n) is 1.56. The SMILES string of the molecule is O=c1[nH]c2ncnn2c(O)c1-c1ncncc1Cl. The van der Waals surface area contributed by atoms with E-state index in [0.29, 0.717) is 0 Å². The van der Waals surface area contributed by atoms with Gasteiger partial charge in [0, 0.05) is 6.20 Å². The first kappa shape index (κ1) is 10.7. The van der Waals surface area contributed by atoms with Crippen LogP contribution in [0.1, 0.15) is 0 Å². The number of hydrogen-bond donors (Lipinski definition) is 2. The van der Waals surface area contributed by atoms with E-state index in [9.17, 15) is 9.90 Å². The van der Waals surface area contributed by atoms with Gasteiger partial charge in [0.05, 0.1) is 5.02 Å². The van der Waals surface area contributed by atoms with Gasteiger partial charge in [0.2, 0.25) is 11.7 Å². The molecule has 3 heterocycles. The molecule has 8 nitrogen and oxygen atoms in total. The average molecular weight is 265 g/mol. The minimum atomic E-state index is -0.561. The molecule has 0 fully saturated rings. The summed E-state index contributed by atoms with van der Waals surface area (Å²) < 4.78 is 1.08. The van der Waals surface area contributed by atoms with Gasteiger partial charge in [-0.15, -0.1) is 0 Å². The van der Waals surface area contributed by atoms with Gasteiger partial charge in [-0.3, -0.25) is 9.78 Å². The summed E-state index contributed by atoms with van der Waals surface area (Å²) in [4.78, 5) is 25.7. The number of rotatable bonds is 1. The highest BCUT2D eigenvalue weighted by Crippen LogP contribution is 2.28. The number of halogens is 1. The van der Waals surface area contributed by atoms with Gasteiger partial charge in [-0.1, -0.05) is 11.6 Å². The molecular weight excluding hydrogens is 260 g/mol. The number of aromatic nitrogens is 6. The van der Waals surface area contributed by atoms with Crippen molar-refractivity contribution >= 4 is 17.4 Å². The normalized spacial score (nSPS) is 10.9. The maximum atomic E-state index is 11.9. The second-order valence-electron chi connectivity index (χ2n) is 3.37. The fourth-order valence-corrected chi connectivity index (χ4v) is 1.76. The largest absolute Gasteiger partial charge is 0.493 e. The van der Waals surface area contributed by atoms with Crippen molar-refractivity contribution in [1.82, 2.24) is 29.5 Å². The minimum Gasteiger partial charge on any atom is -0.493 e. The first-order valence-corrected chi connectivity index (χ1v) is 5.17. The summed E-state index contributed by atoms with van der Waals surface area (Å²) in [6.45, 7) is 0. The number of fused-ring (bicyclic) bond motifs is 1. The first-order chi connectivity index (χ1) is 8.68. The monoisotopic (exact) mass is 264 g/mol. The van der Waals surface area contributed by atoms with Crippen LogP contribution < -0.4 is 5.56 Å². The molecule has 90 valence electrons. The Bertz CT molecular complexity index is 795. The lowest BCUT2D eigenvalue weighted by molar-refractivity contribution is 0.436. The highest BCUT2D eigenvalue weighted by molar-refractivity contribution is 6.32. The van der Waals surface area contributed by atoms with Crippen molar-refractivity contribution in [2.24, 2.45) is 0 Å². The molecule has 0 aliphatic rings. The van der Waals surface area contributed by atoms with Crippen molar-refractivity contribution < 1.29 is 5.11 Å². The molecule has 0 spiro atoms. The topological polar surface area (TPSA) is 109 Å². The average Bonchev–Trinajstić information content (AvgIpc) is 2.79. The molecular formula is C9H5ClN6O2. The minimum absolute atomic E-state index is 0.0830. The van der Waals surface area contributed by atoms with Gasteiger partial charge in [0.25, 0.3) is 5.56 Å². The second-order valence-corrected chi connectivity index (χ2v) is 3.77. The van der Waals surface area contributed by atoms with Crippen molar-refractivity contribution in [2.75, 3.05) is 0 Å². The summed E-state index contributed by atoms with van der Waals surface area (Å²) in [7, 11) is 0. The standard InChI is InChI=1S/C9H5ClN6O2/c10-4-1-11-2-12-6(4)5-7(17)15-9-13-3-14-16(9)8(5)18/h1-3,18H,(H,13,14,15,17). The van der Waals surface area contributed by atoms with Crippen molar-refractivity contribution in [3.8, 4) is 17.1 Å². The molecule has 0 bridgehead atoms. The van der Waals surface area contributed by atoms with Gasteiger partial charge in [0.15, 0.2) is 0 Å². The Labute approximate surface area is 104 Å². The van der Waals surface area contributed by atoms with E-state index in [-0.39, 0.29) is 27.9 Å². The predicted octanol–water partition coefficient (Wildman–Crippen LogP) is 0.234. The number of hydrogen-bond acceptors (Lipinski definition) is 6. The molecule has 3 rings (SSSR count). The lowest BCUT2D eigenvalue weighted by atomic mass is 10.2. The molecule has 3 aromatic heterocycles. The van der Waals surface area contributed by atoms with Crippen LogP contribution in [0.2, 0.25) is 5.02 Å². The Morgan fingerprint density at radius 3 is 2.94 bits per heavy atom.